The van der Waals surface area contributed by atoms with Gasteiger partial charge in [-0.05, 0) is 50.5 Å². The maximum absolute atomic E-state index is 12.9. The number of benzene rings is 2. The zero-order valence-corrected chi connectivity index (χ0v) is 25.3. The second kappa shape index (κ2) is 14.3. The van der Waals surface area contributed by atoms with Gasteiger partial charge < -0.3 is 29.4 Å². The molecule has 11 heteroatoms. The lowest BCUT2D eigenvalue weighted by atomic mass is 10.1. The van der Waals surface area contributed by atoms with Crippen LogP contribution in [0.15, 0.2) is 42.5 Å². The number of hydrogen-bond donors (Lipinski definition) is 1. The van der Waals surface area contributed by atoms with Gasteiger partial charge in [-0.25, -0.2) is 14.8 Å². The van der Waals surface area contributed by atoms with Crippen LogP contribution in [0.25, 0.3) is 21.9 Å². The normalized spacial score (nSPS) is 11.4. The predicted molar refractivity (Wildman–Crippen MR) is 164 cm³/mol. The number of hydrogen-bond acceptors (Lipinski definition) is 8. The molecule has 2 N–H and O–H groups in total. The number of ether oxygens (including phenoxy) is 3. The molecule has 42 heavy (non-hydrogen) atoms. The number of halogens is 1. The second-order valence-corrected chi connectivity index (χ2v) is 10.6. The molecule has 0 fully saturated rings. The van der Waals surface area contributed by atoms with Crippen LogP contribution in [-0.2, 0) is 38.6 Å². The van der Waals surface area contributed by atoms with E-state index < -0.39 is 5.97 Å². The number of nitrogen functional groups attached to an aromatic ring is 1. The van der Waals surface area contributed by atoms with Crippen LogP contribution < -0.4 is 10.5 Å². The van der Waals surface area contributed by atoms with E-state index in [0.717, 1.165) is 33.4 Å². The molecule has 2 aromatic heterocycles. The number of fused-ring (bicyclic) bond motifs is 3. The lowest BCUT2D eigenvalue weighted by molar-refractivity contribution is -0.149. The monoisotopic (exact) mass is 595 g/mol. The molecule has 0 saturated heterocycles. The first-order valence-electron chi connectivity index (χ1n) is 14.0. The molecule has 4 aromatic rings. The molecule has 0 atom stereocenters. The highest BCUT2D eigenvalue weighted by atomic mass is 35.5. The highest BCUT2D eigenvalue weighted by molar-refractivity contribution is 6.27. The summed E-state index contributed by atoms with van der Waals surface area (Å²) in [7, 11) is 1.66. The average molecular weight is 596 g/mol. The quantitative estimate of drug-likeness (QED) is 0.165. The van der Waals surface area contributed by atoms with Crippen molar-refractivity contribution >= 4 is 51.2 Å². The SMILES string of the molecule is COCCc1nc2c(N)nc3ccccc3c2n1CCCN(Cc1cccc(OCC(=O)OC(C)C)c1C)C(=O)CCl. The topological polar surface area (TPSA) is 122 Å². The molecule has 0 aliphatic carbocycles. The van der Waals surface area contributed by atoms with Crippen molar-refractivity contribution in [3.05, 3.63) is 59.4 Å². The van der Waals surface area contributed by atoms with Gasteiger partial charge >= 0.3 is 5.97 Å². The number of aryl methyl sites for hydroxylation is 1. The predicted octanol–water partition coefficient (Wildman–Crippen LogP) is 4.65. The molecule has 2 aromatic carbocycles. The molecule has 0 bridgehead atoms. The zero-order chi connectivity index (χ0) is 30.2. The number of pyridine rings is 1. The van der Waals surface area contributed by atoms with E-state index in [-0.39, 0.29) is 24.5 Å². The fourth-order valence-electron chi connectivity index (χ4n) is 4.95. The van der Waals surface area contributed by atoms with Crippen molar-refractivity contribution in [1.29, 1.82) is 0 Å². The van der Waals surface area contributed by atoms with E-state index in [0.29, 0.717) is 56.2 Å². The molecule has 0 unspecified atom stereocenters. The Bertz CT molecular complexity index is 1550. The Labute approximate surface area is 250 Å². The van der Waals surface area contributed by atoms with Crippen molar-refractivity contribution in [1.82, 2.24) is 19.4 Å². The number of alkyl halides is 1. The van der Waals surface area contributed by atoms with E-state index in [1.807, 2.05) is 43.3 Å². The minimum atomic E-state index is -0.434. The number of rotatable bonds is 14. The number of nitrogens with two attached hydrogens (primary N) is 1. The molecule has 1 amide bonds. The van der Waals surface area contributed by atoms with Gasteiger partial charge in [0.1, 0.15) is 23.0 Å². The van der Waals surface area contributed by atoms with Crippen molar-refractivity contribution in [2.45, 2.75) is 52.8 Å². The van der Waals surface area contributed by atoms with Gasteiger partial charge in [0, 0.05) is 38.6 Å². The van der Waals surface area contributed by atoms with E-state index in [1.165, 1.54) is 0 Å². The maximum Gasteiger partial charge on any atom is 0.344 e. The minimum Gasteiger partial charge on any atom is -0.482 e. The largest absolute Gasteiger partial charge is 0.482 e. The first kappa shape index (κ1) is 31.1. The number of imidazole rings is 1. The molecule has 0 spiro atoms. The van der Waals surface area contributed by atoms with E-state index in [2.05, 4.69) is 9.55 Å². The summed E-state index contributed by atoms with van der Waals surface area (Å²) in [5, 5.41) is 0.969. The molecule has 0 saturated carbocycles. The van der Waals surface area contributed by atoms with E-state index >= 15 is 0 Å². The van der Waals surface area contributed by atoms with Crippen molar-refractivity contribution in [3.8, 4) is 5.75 Å². The molecule has 0 radical (unpaired) electrons. The number of methoxy groups -OCH3 is 1. The van der Waals surface area contributed by atoms with Crippen LogP contribution in [0, 0.1) is 6.92 Å². The van der Waals surface area contributed by atoms with Crippen molar-refractivity contribution in [2.24, 2.45) is 0 Å². The Balaban J connectivity index is 1.54. The third kappa shape index (κ3) is 7.30. The van der Waals surface area contributed by atoms with E-state index in [4.69, 9.17) is 36.5 Å². The summed E-state index contributed by atoms with van der Waals surface area (Å²) in [4.78, 5) is 36.0. The fraction of sp³-hybridized carbons (Fsp3) is 0.419. The summed E-state index contributed by atoms with van der Waals surface area (Å²) < 4.78 is 18.4. The standard InChI is InChI=1S/C31H38ClN5O5/c1-20(2)42-28(39)19-41-25-12-7-9-22(21(25)3)18-36(27(38)17-32)14-8-15-37-26(13-16-40-4)35-29-30(37)23-10-5-6-11-24(23)34-31(29)33/h5-7,9-12,20H,8,13-19H2,1-4H3,(H2,33,34). The highest BCUT2D eigenvalue weighted by Gasteiger charge is 2.19. The number of aromatic nitrogens is 3. The number of carbonyl (C=O) groups is 2. The average Bonchev–Trinajstić information content (AvgIpc) is 3.34. The van der Waals surface area contributed by atoms with Gasteiger partial charge in [-0.1, -0.05) is 30.3 Å². The Morgan fingerprint density at radius 3 is 2.64 bits per heavy atom. The van der Waals surface area contributed by atoms with E-state index in [9.17, 15) is 9.59 Å². The van der Waals surface area contributed by atoms with Gasteiger partial charge in [-0.2, -0.15) is 0 Å². The third-order valence-corrected chi connectivity index (χ3v) is 7.19. The molecule has 2 heterocycles. The summed E-state index contributed by atoms with van der Waals surface area (Å²) in [5.74, 6) is 1.07. The van der Waals surface area contributed by atoms with Crippen LogP contribution in [0.2, 0.25) is 0 Å². The summed E-state index contributed by atoms with van der Waals surface area (Å²) in [6, 6.07) is 13.4. The lowest BCUT2D eigenvalue weighted by Crippen LogP contribution is -2.33. The summed E-state index contributed by atoms with van der Waals surface area (Å²) in [6.07, 6.45) is 1.05. The molecule has 10 nitrogen and oxygen atoms in total. The molecule has 0 aliphatic heterocycles. The van der Waals surface area contributed by atoms with Crippen molar-refractivity contribution < 1.29 is 23.8 Å². The van der Waals surface area contributed by atoms with Crippen LogP contribution in [0.4, 0.5) is 5.82 Å². The first-order chi connectivity index (χ1) is 20.2. The number of carbonyl (C=O) groups excluding carboxylic acids is 2. The number of nitrogens with zero attached hydrogens (tertiary/aromatic N) is 4. The Morgan fingerprint density at radius 2 is 1.90 bits per heavy atom. The summed E-state index contributed by atoms with van der Waals surface area (Å²) in [5.41, 5.74) is 10.5. The molecule has 224 valence electrons. The van der Waals surface area contributed by atoms with Gasteiger partial charge in [0.2, 0.25) is 5.91 Å². The van der Waals surface area contributed by atoms with Crippen molar-refractivity contribution in [2.75, 3.05) is 38.5 Å². The van der Waals surface area contributed by atoms with Crippen LogP contribution in [0.1, 0.15) is 37.2 Å². The Kier molecular flexibility index (Phi) is 10.6. The molecular weight excluding hydrogens is 558 g/mol. The van der Waals surface area contributed by atoms with Gasteiger partial charge in [-0.3, -0.25) is 4.79 Å². The number of amides is 1. The van der Waals surface area contributed by atoms with Crippen LogP contribution >= 0.6 is 11.6 Å². The Hall–Kier alpha value is -3.89. The van der Waals surface area contributed by atoms with Crippen molar-refractivity contribution in [3.63, 3.8) is 0 Å². The number of anilines is 1. The summed E-state index contributed by atoms with van der Waals surface area (Å²) >= 11 is 6.01. The van der Waals surface area contributed by atoms with Gasteiger partial charge in [0.05, 0.1) is 23.7 Å². The smallest absolute Gasteiger partial charge is 0.344 e. The molecule has 4 rings (SSSR count). The Morgan fingerprint density at radius 1 is 1.12 bits per heavy atom. The second-order valence-electron chi connectivity index (χ2n) is 10.3. The maximum atomic E-state index is 12.9. The number of para-hydroxylation sites is 1. The molecular formula is C31H38ClN5O5. The third-order valence-electron chi connectivity index (χ3n) is 6.97. The first-order valence-corrected chi connectivity index (χ1v) is 14.5. The van der Waals surface area contributed by atoms with Gasteiger partial charge in [0.15, 0.2) is 12.4 Å². The van der Waals surface area contributed by atoms with Gasteiger partial charge in [-0.15, -0.1) is 11.6 Å². The highest BCUT2D eigenvalue weighted by Crippen LogP contribution is 2.29. The van der Waals surface area contributed by atoms with E-state index in [1.54, 1.807) is 31.9 Å². The number of esters is 1. The van der Waals surface area contributed by atoms with Crippen LogP contribution in [0.3, 0.4) is 0 Å². The van der Waals surface area contributed by atoms with Crippen LogP contribution in [-0.4, -0.2) is 70.2 Å². The van der Waals surface area contributed by atoms with Crippen LogP contribution in [0.5, 0.6) is 5.75 Å². The molecule has 0 aliphatic rings. The summed E-state index contributed by atoms with van der Waals surface area (Å²) in [6.45, 7) is 7.24. The lowest BCUT2D eigenvalue weighted by Gasteiger charge is -2.24. The minimum absolute atomic E-state index is 0.129. The van der Waals surface area contributed by atoms with Gasteiger partial charge in [0.25, 0.3) is 0 Å². The zero-order valence-electron chi connectivity index (χ0n) is 24.6. The fourth-order valence-corrected chi connectivity index (χ4v) is 5.12.